The molecule has 1 aromatic carbocycles. The van der Waals surface area contributed by atoms with Crippen molar-refractivity contribution in [2.75, 3.05) is 0 Å². The number of carboxylic acid groups (broad SMARTS) is 1. The summed E-state index contributed by atoms with van der Waals surface area (Å²) in [5, 5.41) is 9.51. The number of ether oxygens (including phenoxy) is 1. The molecule has 0 fully saturated rings. The van der Waals surface area contributed by atoms with Crippen molar-refractivity contribution in [2.24, 2.45) is 0 Å². The fourth-order valence-corrected chi connectivity index (χ4v) is 2.74. The van der Waals surface area contributed by atoms with Gasteiger partial charge in [-0.05, 0) is 30.7 Å². The monoisotopic (exact) mass is 314 g/mol. The van der Waals surface area contributed by atoms with Crippen LogP contribution in [0.25, 0.3) is 0 Å². The number of hydrogen-bond donors (Lipinski definition) is 1. The van der Waals surface area contributed by atoms with Crippen LogP contribution in [0.2, 0.25) is 5.02 Å². The van der Waals surface area contributed by atoms with Gasteiger partial charge in [-0.1, -0.05) is 18.5 Å². The molecule has 0 aliphatic rings. The number of halogens is 2. The van der Waals surface area contributed by atoms with Gasteiger partial charge in [0.25, 0.3) is 0 Å². The Balaban J connectivity index is 2.20. The molecule has 1 aromatic heterocycles. The van der Waals surface area contributed by atoms with E-state index < -0.39 is 11.8 Å². The summed E-state index contributed by atoms with van der Waals surface area (Å²) < 4.78 is 19.0. The van der Waals surface area contributed by atoms with E-state index in [9.17, 15) is 9.18 Å². The summed E-state index contributed by atoms with van der Waals surface area (Å²) >= 11 is 6.96. The molecule has 0 saturated carbocycles. The van der Waals surface area contributed by atoms with Gasteiger partial charge in [0, 0.05) is 15.5 Å². The van der Waals surface area contributed by atoms with E-state index in [1.54, 1.807) is 6.07 Å². The van der Waals surface area contributed by atoms with Crippen molar-refractivity contribution in [3.63, 3.8) is 0 Å². The zero-order chi connectivity index (χ0) is 14.7. The number of thiophene rings is 1. The second kappa shape index (κ2) is 6.24. The Hall–Kier alpha value is -1.59. The van der Waals surface area contributed by atoms with Crippen LogP contribution in [0.5, 0.6) is 5.75 Å². The van der Waals surface area contributed by atoms with E-state index in [0.29, 0.717) is 5.02 Å². The standard InChI is InChI=1S/C14H12ClFO3S/c1-2-10-6-12(13(20-10)14(17)18)19-7-8-5-9(15)3-4-11(8)16/h3-6H,2,7H2,1H3,(H,17,18). The van der Waals surface area contributed by atoms with Gasteiger partial charge in [0.1, 0.15) is 18.2 Å². The molecule has 0 bridgehead atoms. The molecular weight excluding hydrogens is 303 g/mol. The summed E-state index contributed by atoms with van der Waals surface area (Å²) in [5.74, 6) is -1.22. The van der Waals surface area contributed by atoms with Gasteiger partial charge in [-0.2, -0.15) is 0 Å². The highest BCUT2D eigenvalue weighted by molar-refractivity contribution is 7.14. The van der Waals surface area contributed by atoms with Gasteiger partial charge in [0.05, 0.1) is 0 Å². The zero-order valence-electron chi connectivity index (χ0n) is 10.7. The first-order chi connectivity index (χ1) is 9.51. The first-order valence-electron chi connectivity index (χ1n) is 5.94. The van der Waals surface area contributed by atoms with Crippen molar-refractivity contribution in [1.29, 1.82) is 0 Å². The molecule has 3 nitrogen and oxygen atoms in total. The Morgan fingerprint density at radius 3 is 2.85 bits per heavy atom. The quantitative estimate of drug-likeness (QED) is 0.890. The highest BCUT2D eigenvalue weighted by atomic mass is 35.5. The van der Waals surface area contributed by atoms with Gasteiger partial charge in [0.15, 0.2) is 4.88 Å². The van der Waals surface area contributed by atoms with E-state index in [4.69, 9.17) is 21.4 Å². The van der Waals surface area contributed by atoms with Crippen molar-refractivity contribution < 1.29 is 19.0 Å². The molecule has 0 spiro atoms. The molecule has 106 valence electrons. The lowest BCUT2D eigenvalue weighted by Gasteiger charge is -2.07. The molecule has 0 saturated heterocycles. The third kappa shape index (κ3) is 3.29. The van der Waals surface area contributed by atoms with E-state index in [1.165, 1.54) is 29.5 Å². The molecule has 0 atom stereocenters. The minimum absolute atomic E-state index is 0.0629. The summed E-state index contributed by atoms with van der Waals surface area (Å²) in [7, 11) is 0. The molecule has 2 rings (SSSR count). The van der Waals surface area contributed by atoms with Gasteiger partial charge in [0.2, 0.25) is 0 Å². The molecule has 0 aliphatic heterocycles. The maximum Gasteiger partial charge on any atom is 0.349 e. The van der Waals surface area contributed by atoms with Crippen molar-refractivity contribution in [3.8, 4) is 5.75 Å². The van der Waals surface area contributed by atoms with Gasteiger partial charge >= 0.3 is 5.97 Å². The number of benzene rings is 1. The number of carbonyl (C=O) groups is 1. The lowest BCUT2D eigenvalue weighted by Crippen LogP contribution is -2.01. The summed E-state index contributed by atoms with van der Waals surface area (Å²) in [6.45, 7) is 1.87. The van der Waals surface area contributed by atoms with Gasteiger partial charge in [-0.15, -0.1) is 11.3 Å². The maximum absolute atomic E-state index is 13.6. The summed E-state index contributed by atoms with van der Waals surface area (Å²) in [5.41, 5.74) is 0.290. The van der Waals surface area contributed by atoms with Crippen LogP contribution in [-0.2, 0) is 13.0 Å². The molecule has 6 heteroatoms. The second-order valence-electron chi connectivity index (χ2n) is 4.09. The van der Waals surface area contributed by atoms with Crippen LogP contribution < -0.4 is 4.74 Å². The third-order valence-corrected chi connectivity index (χ3v) is 4.17. The predicted molar refractivity (Wildman–Crippen MR) is 76.4 cm³/mol. The van der Waals surface area contributed by atoms with Crippen molar-refractivity contribution >= 4 is 28.9 Å². The molecule has 1 heterocycles. The fourth-order valence-electron chi connectivity index (χ4n) is 1.66. The number of carboxylic acids is 1. The molecule has 0 radical (unpaired) electrons. The Bertz CT molecular complexity index is 639. The van der Waals surface area contributed by atoms with E-state index in [2.05, 4.69) is 0 Å². The molecule has 0 aliphatic carbocycles. The highest BCUT2D eigenvalue weighted by Gasteiger charge is 2.16. The van der Waals surface area contributed by atoms with Crippen LogP contribution in [-0.4, -0.2) is 11.1 Å². The van der Waals surface area contributed by atoms with Crippen LogP contribution in [0, 0.1) is 5.82 Å². The van der Waals surface area contributed by atoms with E-state index in [-0.39, 0.29) is 22.8 Å². The number of aromatic carboxylic acids is 1. The van der Waals surface area contributed by atoms with Crippen molar-refractivity contribution in [1.82, 2.24) is 0 Å². The normalized spacial score (nSPS) is 10.6. The lowest BCUT2D eigenvalue weighted by molar-refractivity contribution is 0.0697. The van der Waals surface area contributed by atoms with Gasteiger partial charge in [-0.3, -0.25) is 0 Å². The van der Waals surface area contributed by atoms with Gasteiger partial charge in [-0.25, -0.2) is 9.18 Å². The Kier molecular flexibility index (Phi) is 4.62. The Labute approximate surface area is 124 Å². The average molecular weight is 315 g/mol. The van der Waals surface area contributed by atoms with Crippen LogP contribution in [0.15, 0.2) is 24.3 Å². The molecule has 1 N–H and O–H groups in total. The molecule has 0 unspecified atom stereocenters. The van der Waals surface area contributed by atoms with E-state index in [0.717, 1.165) is 11.3 Å². The molecular formula is C14H12ClFO3S. The first-order valence-corrected chi connectivity index (χ1v) is 7.13. The fraction of sp³-hybridized carbons (Fsp3) is 0.214. The number of hydrogen-bond acceptors (Lipinski definition) is 3. The summed E-state index contributed by atoms with van der Waals surface area (Å²) in [4.78, 5) is 12.2. The maximum atomic E-state index is 13.6. The van der Waals surface area contributed by atoms with Crippen molar-refractivity contribution in [3.05, 3.63) is 50.4 Å². The predicted octanol–water partition coefficient (Wildman–Crippen LogP) is 4.38. The zero-order valence-corrected chi connectivity index (χ0v) is 12.2. The first kappa shape index (κ1) is 14.8. The average Bonchev–Trinajstić information content (AvgIpc) is 2.83. The van der Waals surface area contributed by atoms with E-state index >= 15 is 0 Å². The van der Waals surface area contributed by atoms with Gasteiger partial charge < -0.3 is 9.84 Å². The lowest BCUT2D eigenvalue weighted by atomic mass is 10.2. The second-order valence-corrected chi connectivity index (χ2v) is 5.66. The third-order valence-electron chi connectivity index (χ3n) is 2.68. The molecule has 20 heavy (non-hydrogen) atoms. The topological polar surface area (TPSA) is 46.5 Å². The summed E-state index contributed by atoms with van der Waals surface area (Å²) in [6.07, 6.45) is 0.722. The minimum atomic E-state index is -1.05. The van der Waals surface area contributed by atoms with Crippen LogP contribution in [0.1, 0.15) is 27.0 Å². The molecule has 0 amide bonds. The summed E-state index contributed by atoms with van der Waals surface area (Å²) in [6, 6.07) is 5.84. The molecule has 2 aromatic rings. The smallest absolute Gasteiger partial charge is 0.349 e. The van der Waals surface area contributed by atoms with Crippen molar-refractivity contribution in [2.45, 2.75) is 20.0 Å². The van der Waals surface area contributed by atoms with Crippen LogP contribution in [0.4, 0.5) is 4.39 Å². The van der Waals surface area contributed by atoms with Crippen LogP contribution >= 0.6 is 22.9 Å². The largest absolute Gasteiger partial charge is 0.487 e. The number of rotatable bonds is 5. The Morgan fingerprint density at radius 2 is 2.20 bits per heavy atom. The number of aryl methyl sites for hydroxylation is 1. The highest BCUT2D eigenvalue weighted by Crippen LogP contribution is 2.30. The SMILES string of the molecule is CCc1cc(OCc2cc(Cl)ccc2F)c(C(=O)O)s1. The minimum Gasteiger partial charge on any atom is -0.487 e. The Morgan fingerprint density at radius 1 is 1.45 bits per heavy atom. The van der Waals surface area contributed by atoms with Crippen LogP contribution in [0.3, 0.4) is 0 Å². The van der Waals surface area contributed by atoms with E-state index in [1.807, 2.05) is 6.92 Å².